The van der Waals surface area contributed by atoms with Crippen molar-refractivity contribution < 1.29 is 33.9 Å². The second-order valence-electron chi connectivity index (χ2n) is 9.32. The number of hydrogen-bond donors (Lipinski definition) is 2. The smallest absolute Gasteiger partial charge is 0.354 e. The lowest BCUT2D eigenvalue weighted by molar-refractivity contribution is -0.858. The zero-order valence-corrected chi connectivity index (χ0v) is 21.8. The lowest BCUT2D eigenvalue weighted by Gasteiger charge is -2.28. The van der Waals surface area contributed by atoms with Crippen molar-refractivity contribution in [2.45, 2.75) is 39.7 Å². The minimum atomic E-state index is -0.829. The molecule has 0 saturated carbocycles. The summed E-state index contributed by atoms with van der Waals surface area (Å²) in [5, 5.41) is 13.9. The van der Waals surface area contributed by atoms with E-state index in [-0.39, 0.29) is 16.8 Å². The number of esters is 1. The van der Waals surface area contributed by atoms with Gasteiger partial charge < -0.3 is 29.4 Å². The third kappa shape index (κ3) is 5.31. The number of likely N-dealkylation sites (tertiary alicyclic amines) is 1. The Kier molecular flexibility index (Phi) is 8.57. The van der Waals surface area contributed by atoms with E-state index in [9.17, 15) is 19.5 Å². The van der Waals surface area contributed by atoms with Gasteiger partial charge in [-0.1, -0.05) is 24.8 Å². The monoisotopic (exact) mass is 497 g/mol. The number of carbonyl (C=O) groups is 3. The van der Waals surface area contributed by atoms with Gasteiger partial charge in [0.2, 0.25) is 5.78 Å². The largest absolute Gasteiger partial charge is 0.872 e. The molecule has 2 N–H and O–H groups in total. The molecular weight excluding hydrogens is 462 g/mol. The van der Waals surface area contributed by atoms with Gasteiger partial charge in [0.05, 0.1) is 40.4 Å². The van der Waals surface area contributed by atoms with E-state index in [4.69, 9.17) is 9.47 Å². The molecule has 194 valence electrons. The molecule has 1 aliphatic rings. The summed E-state index contributed by atoms with van der Waals surface area (Å²) in [6, 6.07) is 6.31. The van der Waals surface area contributed by atoms with Crippen LogP contribution in [-0.2, 0) is 14.3 Å². The molecule has 0 aliphatic carbocycles. The van der Waals surface area contributed by atoms with Gasteiger partial charge in [-0.3, -0.25) is 9.59 Å². The first-order chi connectivity index (χ1) is 17.1. The van der Waals surface area contributed by atoms with Gasteiger partial charge in [0, 0.05) is 24.2 Å². The van der Waals surface area contributed by atoms with Crippen molar-refractivity contribution >= 4 is 23.4 Å². The fraction of sp³-hybridized carbons (Fsp3) is 0.444. The van der Waals surface area contributed by atoms with Crippen molar-refractivity contribution in [2.75, 3.05) is 40.9 Å². The lowest BCUT2D eigenvalue weighted by atomic mass is 9.94. The third-order valence-electron chi connectivity index (χ3n) is 6.33. The van der Waals surface area contributed by atoms with Crippen LogP contribution in [0, 0.1) is 13.8 Å². The highest BCUT2D eigenvalue weighted by atomic mass is 16.5. The molecule has 1 unspecified atom stereocenters. The van der Waals surface area contributed by atoms with E-state index in [0.717, 1.165) is 13.0 Å². The second kappa shape index (κ2) is 11.4. The number of aromatic nitrogens is 1. The van der Waals surface area contributed by atoms with Gasteiger partial charge >= 0.3 is 5.97 Å². The van der Waals surface area contributed by atoms with E-state index in [1.807, 2.05) is 21.0 Å². The molecule has 1 saturated heterocycles. The van der Waals surface area contributed by atoms with Gasteiger partial charge in [-0.05, 0) is 49.1 Å². The quantitative estimate of drug-likeness (QED) is 0.219. The number of carbonyl (C=O) groups excluding carboxylic acids is 3. The molecule has 9 nitrogen and oxygen atoms in total. The maximum Gasteiger partial charge on any atom is 0.354 e. The van der Waals surface area contributed by atoms with Crippen LogP contribution < -0.4 is 14.7 Å². The highest BCUT2D eigenvalue weighted by Crippen LogP contribution is 2.40. The molecular formula is C27H35N3O6. The maximum atomic E-state index is 13.9. The number of methoxy groups -OCH3 is 1. The molecule has 36 heavy (non-hydrogen) atoms. The number of nitrogens with one attached hydrogen (secondary N) is 2. The van der Waals surface area contributed by atoms with Crippen LogP contribution in [0.1, 0.15) is 58.7 Å². The average molecular weight is 498 g/mol. The molecule has 1 aliphatic heterocycles. The number of aromatic amines is 1. The van der Waals surface area contributed by atoms with E-state index in [1.165, 1.54) is 16.9 Å². The summed E-state index contributed by atoms with van der Waals surface area (Å²) < 4.78 is 10.5. The fourth-order valence-electron chi connectivity index (χ4n) is 4.55. The third-order valence-corrected chi connectivity index (χ3v) is 6.33. The van der Waals surface area contributed by atoms with Crippen LogP contribution >= 0.6 is 0 Å². The number of hydrogen-bond acceptors (Lipinski definition) is 6. The van der Waals surface area contributed by atoms with E-state index < -0.39 is 29.5 Å². The van der Waals surface area contributed by atoms with Crippen LogP contribution in [0.15, 0.2) is 29.8 Å². The van der Waals surface area contributed by atoms with Crippen LogP contribution in [0.4, 0.5) is 0 Å². The number of ketones is 1. The topological polar surface area (TPSA) is 116 Å². The number of amides is 1. The number of aryl methyl sites for hydroxylation is 1. The van der Waals surface area contributed by atoms with Crippen molar-refractivity contribution in [3.05, 3.63) is 57.9 Å². The standard InChI is InChI=1S/C27H35N3O6/c1-7-15-36-19-11-9-18(10-12-19)23-21(25(32)26(33)30(23)14-8-13-29(4)5)24(31)20-16(2)22(27(34)35-6)28-17(20)3/h9-12,23,28,31H,7-8,13-15H2,1-6H3. The summed E-state index contributed by atoms with van der Waals surface area (Å²) in [7, 11) is 5.28. The Morgan fingerprint density at radius 3 is 2.42 bits per heavy atom. The van der Waals surface area contributed by atoms with Gasteiger partial charge in [0.25, 0.3) is 5.91 Å². The van der Waals surface area contributed by atoms with Crippen molar-refractivity contribution in [3.8, 4) is 5.75 Å². The Bertz CT molecular complexity index is 1160. The minimum absolute atomic E-state index is 0.110. The highest BCUT2D eigenvalue weighted by molar-refractivity contribution is 6.46. The molecule has 1 aromatic heterocycles. The summed E-state index contributed by atoms with van der Waals surface area (Å²) in [5.74, 6) is -2.00. The minimum Gasteiger partial charge on any atom is -0.872 e. The predicted octanol–water partition coefficient (Wildman–Crippen LogP) is 0.966. The van der Waals surface area contributed by atoms with Gasteiger partial charge in [0.1, 0.15) is 11.4 Å². The number of benzene rings is 1. The molecule has 2 heterocycles. The zero-order valence-electron chi connectivity index (χ0n) is 21.8. The Labute approximate surface area is 211 Å². The molecule has 0 bridgehead atoms. The summed E-state index contributed by atoms with van der Waals surface area (Å²) in [6.45, 7) is 7.00. The second-order valence-corrected chi connectivity index (χ2v) is 9.32. The zero-order chi connectivity index (χ0) is 26.6. The van der Waals surface area contributed by atoms with E-state index in [2.05, 4.69) is 4.98 Å². The van der Waals surface area contributed by atoms with E-state index in [1.54, 1.807) is 38.1 Å². The summed E-state index contributed by atoms with van der Waals surface area (Å²) in [6.07, 6.45) is 1.54. The molecule has 1 atom stereocenters. The Hall–Kier alpha value is -3.59. The normalized spacial score (nSPS) is 17.2. The first kappa shape index (κ1) is 27.0. The molecule has 1 fully saturated rings. The first-order valence-electron chi connectivity index (χ1n) is 12.2. The molecule has 3 rings (SSSR count). The van der Waals surface area contributed by atoms with Crippen LogP contribution in [-0.4, -0.2) is 68.4 Å². The van der Waals surface area contributed by atoms with Gasteiger partial charge in [-0.2, -0.15) is 0 Å². The predicted molar refractivity (Wildman–Crippen MR) is 133 cm³/mol. The van der Waals surface area contributed by atoms with Gasteiger partial charge in [0.15, 0.2) is 0 Å². The van der Waals surface area contributed by atoms with Crippen LogP contribution in [0.25, 0.3) is 5.76 Å². The molecule has 2 aromatic rings. The SMILES string of the molecule is CCCOc1ccc(C2C(=C([O-])c3c(C)[nH]c(C(=O)OC)c3C)C(=O)C(=O)N2CCC[NH+](C)C)cc1. The number of quaternary nitrogens is 1. The number of ether oxygens (including phenoxy) is 2. The van der Waals surface area contributed by atoms with E-state index >= 15 is 0 Å². The summed E-state index contributed by atoms with van der Waals surface area (Å²) >= 11 is 0. The van der Waals surface area contributed by atoms with Crippen molar-refractivity contribution in [2.24, 2.45) is 0 Å². The fourth-order valence-corrected chi connectivity index (χ4v) is 4.55. The molecule has 0 radical (unpaired) electrons. The Morgan fingerprint density at radius 2 is 1.83 bits per heavy atom. The number of rotatable bonds is 10. The highest BCUT2D eigenvalue weighted by Gasteiger charge is 2.44. The van der Waals surface area contributed by atoms with Gasteiger partial charge in [-0.15, -0.1) is 0 Å². The lowest BCUT2D eigenvalue weighted by Crippen LogP contribution is -3.05. The first-order valence-corrected chi connectivity index (χ1v) is 12.2. The number of Topliss-reactive ketones (excluding diaryl/α,β-unsaturated/α-hetero) is 1. The van der Waals surface area contributed by atoms with Crippen LogP contribution in [0.3, 0.4) is 0 Å². The van der Waals surface area contributed by atoms with Crippen LogP contribution in [0.2, 0.25) is 0 Å². The van der Waals surface area contributed by atoms with Crippen molar-refractivity contribution in [1.29, 1.82) is 0 Å². The van der Waals surface area contributed by atoms with Crippen molar-refractivity contribution in [3.63, 3.8) is 0 Å². The maximum absolute atomic E-state index is 13.9. The Morgan fingerprint density at radius 1 is 1.17 bits per heavy atom. The molecule has 9 heteroatoms. The summed E-state index contributed by atoms with van der Waals surface area (Å²) in [5.41, 5.74) is 1.71. The molecule has 1 amide bonds. The molecule has 0 spiro atoms. The van der Waals surface area contributed by atoms with Gasteiger partial charge in [-0.25, -0.2) is 4.79 Å². The average Bonchev–Trinajstić information content (AvgIpc) is 3.29. The van der Waals surface area contributed by atoms with E-state index in [0.29, 0.717) is 42.1 Å². The number of H-pyrrole nitrogens is 1. The van der Waals surface area contributed by atoms with Crippen molar-refractivity contribution in [1.82, 2.24) is 9.88 Å². The Balaban J connectivity index is 2.13. The summed E-state index contributed by atoms with van der Waals surface area (Å²) in [4.78, 5) is 44.2. The number of nitrogens with zero attached hydrogens (tertiary/aromatic N) is 1. The molecule has 1 aromatic carbocycles. The van der Waals surface area contributed by atoms with Crippen LogP contribution in [0.5, 0.6) is 5.75 Å².